The van der Waals surface area contributed by atoms with Crippen LogP contribution in [0, 0.1) is 0 Å². The van der Waals surface area contributed by atoms with E-state index in [9.17, 15) is 0 Å². The van der Waals surface area contributed by atoms with E-state index in [-0.39, 0.29) is 0 Å². The summed E-state index contributed by atoms with van der Waals surface area (Å²) in [4.78, 5) is 13.1. The minimum absolute atomic E-state index is 0.572. The number of hydrogen-bond acceptors (Lipinski definition) is 6. The predicted octanol–water partition coefficient (Wildman–Crippen LogP) is 3.22. The van der Waals surface area contributed by atoms with Gasteiger partial charge in [-0.3, -0.25) is 0 Å². The van der Waals surface area contributed by atoms with Crippen LogP contribution in [0.1, 0.15) is 5.76 Å². The normalized spacial score (nSPS) is 10.9. The smallest absolute Gasteiger partial charge is 0.165 e. The van der Waals surface area contributed by atoms with E-state index < -0.39 is 0 Å². The number of hydrogen-bond donors (Lipinski definition) is 1. The number of fused-ring (bicyclic) bond motifs is 1. The molecular weight excluding hydrogens is 306 g/mol. The Morgan fingerprint density at radius 3 is 2.75 bits per heavy atom. The van der Waals surface area contributed by atoms with Crippen LogP contribution >= 0.6 is 0 Å². The van der Waals surface area contributed by atoms with Crippen molar-refractivity contribution in [3.63, 3.8) is 0 Å². The average molecular weight is 321 g/mol. The molecule has 0 aliphatic heterocycles. The van der Waals surface area contributed by atoms with E-state index in [0.717, 1.165) is 22.8 Å². The first-order chi connectivity index (χ1) is 11.8. The fourth-order valence-electron chi connectivity index (χ4n) is 2.47. The highest BCUT2D eigenvalue weighted by Gasteiger charge is 2.11. The first-order valence-electron chi connectivity index (χ1n) is 7.43. The SMILES string of the molecule is COc1ccc(Nc2ncnc3c2ncn3Cc2ccco2)cc1. The maximum atomic E-state index is 5.38. The molecule has 7 nitrogen and oxygen atoms in total. The van der Waals surface area contributed by atoms with Crippen molar-refractivity contribution in [2.75, 3.05) is 12.4 Å². The fourth-order valence-corrected chi connectivity index (χ4v) is 2.47. The molecule has 0 fully saturated rings. The van der Waals surface area contributed by atoms with Gasteiger partial charge in [0.1, 0.15) is 17.8 Å². The molecule has 7 heteroatoms. The molecule has 0 bridgehead atoms. The van der Waals surface area contributed by atoms with Gasteiger partial charge in [0.15, 0.2) is 17.0 Å². The lowest BCUT2D eigenvalue weighted by molar-refractivity contribution is 0.415. The zero-order chi connectivity index (χ0) is 16.4. The van der Waals surface area contributed by atoms with E-state index in [1.807, 2.05) is 41.0 Å². The van der Waals surface area contributed by atoms with Crippen LogP contribution in [-0.2, 0) is 6.54 Å². The summed E-state index contributed by atoms with van der Waals surface area (Å²) in [5.74, 6) is 2.30. The Labute approximate surface area is 137 Å². The molecular formula is C17H15N5O2. The number of furan rings is 1. The molecule has 0 saturated carbocycles. The van der Waals surface area contributed by atoms with Gasteiger partial charge in [-0.05, 0) is 36.4 Å². The zero-order valence-electron chi connectivity index (χ0n) is 13.0. The van der Waals surface area contributed by atoms with E-state index >= 15 is 0 Å². The van der Waals surface area contributed by atoms with Crippen molar-refractivity contribution in [2.24, 2.45) is 0 Å². The van der Waals surface area contributed by atoms with Gasteiger partial charge in [0.25, 0.3) is 0 Å². The van der Waals surface area contributed by atoms with Crippen LogP contribution in [-0.4, -0.2) is 26.6 Å². The second kappa shape index (κ2) is 6.04. The van der Waals surface area contributed by atoms with Gasteiger partial charge in [0, 0.05) is 5.69 Å². The maximum absolute atomic E-state index is 5.38. The lowest BCUT2D eigenvalue weighted by atomic mass is 10.3. The third-order valence-corrected chi connectivity index (χ3v) is 3.66. The molecule has 3 heterocycles. The molecule has 1 aromatic carbocycles. The number of anilines is 2. The summed E-state index contributed by atoms with van der Waals surface area (Å²) >= 11 is 0. The lowest BCUT2D eigenvalue weighted by Gasteiger charge is -2.07. The summed E-state index contributed by atoms with van der Waals surface area (Å²) in [6.45, 7) is 0.572. The van der Waals surface area contributed by atoms with Crippen LogP contribution in [0.25, 0.3) is 11.2 Å². The number of benzene rings is 1. The molecule has 120 valence electrons. The van der Waals surface area contributed by atoms with Crippen LogP contribution in [0.4, 0.5) is 11.5 Å². The fraction of sp³-hybridized carbons (Fsp3) is 0.118. The van der Waals surface area contributed by atoms with Gasteiger partial charge in [-0.1, -0.05) is 0 Å². The van der Waals surface area contributed by atoms with E-state index in [4.69, 9.17) is 9.15 Å². The number of rotatable bonds is 5. The Kier molecular flexibility index (Phi) is 3.59. The van der Waals surface area contributed by atoms with Gasteiger partial charge in [-0.25, -0.2) is 15.0 Å². The van der Waals surface area contributed by atoms with Crippen LogP contribution < -0.4 is 10.1 Å². The Hall–Kier alpha value is -3.35. The summed E-state index contributed by atoms with van der Waals surface area (Å²) in [6.07, 6.45) is 4.91. The van der Waals surface area contributed by atoms with Crippen LogP contribution in [0.3, 0.4) is 0 Å². The summed E-state index contributed by atoms with van der Waals surface area (Å²) < 4.78 is 12.5. The molecule has 4 aromatic rings. The Morgan fingerprint density at radius 1 is 1.12 bits per heavy atom. The third kappa shape index (κ3) is 2.67. The van der Waals surface area contributed by atoms with Crippen molar-refractivity contribution < 1.29 is 9.15 Å². The number of methoxy groups -OCH3 is 1. The second-order valence-corrected chi connectivity index (χ2v) is 5.20. The molecule has 0 amide bonds. The molecule has 1 N–H and O–H groups in total. The number of aromatic nitrogens is 4. The van der Waals surface area contributed by atoms with Crippen molar-refractivity contribution in [2.45, 2.75) is 6.54 Å². The average Bonchev–Trinajstić information content (AvgIpc) is 3.27. The maximum Gasteiger partial charge on any atom is 0.165 e. The molecule has 0 saturated heterocycles. The summed E-state index contributed by atoms with van der Waals surface area (Å²) in [5, 5.41) is 3.26. The molecule has 24 heavy (non-hydrogen) atoms. The van der Waals surface area contributed by atoms with E-state index in [1.165, 1.54) is 6.33 Å². The monoisotopic (exact) mass is 321 g/mol. The van der Waals surface area contributed by atoms with Crippen molar-refractivity contribution in [1.82, 2.24) is 19.5 Å². The Balaban J connectivity index is 1.64. The summed E-state index contributed by atoms with van der Waals surface area (Å²) in [5.41, 5.74) is 2.36. The Bertz CT molecular complexity index is 945. The van der Waals surface area contributed by atoms with E-state index in [2.05, 4.69) is 20.3 Å². The minimum Gasteiger partial charge on any atom is -0.497 e. The topological polar surface area (TPSA) is 78.0 Å². The number of ether oxygens (including phenoxy) is 1. The largest absolute Gasteiger partial charge is 0.497 e. The number of nitrogens with one attached hydrogen (secondary N) is 1. The molecule has 0 spiro atoms. The first-order valence-corrected chi connectivity index (χ1v) is 7.43. The molecule has 0 atom stereocenters. The van der Waals surface area contributed by atoms with Crippen LogP contribution in [0.2, 0.25) is 0 Å². The van der Waals surface area contributed by atoms with Gasteiger partial charge in [0.05, 0.1) is 26.2 Å². The van der Waals surface area contributed by atoms with E-state index in [1.54, 1.807) is 19.7 Å². The molecule has 0 aliphatic carbocycles. The number of nitrogens with zero attached hydrogens (tertiary/aromatic N) is 4. The first kappa shape index (κ1) is 14.3. The van der Waals surface area contributed by atoms with Gasteiger partial charge in [-0.15, -0.1) is 0 Å². The van der Waals surface area contributed by atoms with Gasteiger partial charge >= 0.3 is 0 Å². The highest BCUT2D eigenvalue weighted by atomic mass is 16.5. The quantitative estimate of drug-likeness (QED) is 0.608. The van der Waals surface area contributed by atoms with Gasteiger partial charge in [-0.2, -0.15) is 0 Å². The molecule has 3 aromatic heterocycles. The van der Waals surface area contributed by atoms with Crippen molar-refractivity contribution in [1.29, 1.82) is 0 Å². The molecule has 0 radical (unpaired) electrons. The summed E-state index contributed by atoms with van der Waals surface area (Å²) in [6, 6.07) is 11.4. The predicted molar refractivity (Wildman–Crippen MR) is 89.4 cm³/mol. The third-order valence-electron chi connectivity index (χ3n) is 3.66. The van der Waals surface area contributed by atoms with Crippen LogP contribution in [0.5, 0.6) is 5.75 Å². The second-order valence-electron chi connectivity index (χ2n) is 5.20. The zero-order valence-corrected chi connectivity index (χ0v) is 13.0. The minimum atomic E-state index is 0.572. The Morgan fingerprint density at radius 2 is 2.00 bits per heavy atom. The molecule has 4 rings (SSSR count). The molecule has 0 aliphatic rings. The van der Waals surface area contributed by atoms with Crippen molar-refractivity contribution in [3.8, 4) is 5.75 Å². The number of imidazole rings is 1. The highest BCUT2D eigenvalue weighted by Crippen LogP contribution is 2.23. The molecule has 0 unspecified atom stereocenters. The van der Waals surface area contributed by atoms with E-state index in [0.29, 0.717) is 17.9 Å². The van der Waals surface area contributed by atoms with Gasteiger partial charge in [0.2, 0.25) is 0 Å². The highest BCUT2D eigenvalue weighted by molar-refractivity contribution is 5.85. The van der Waals surface area contributed by atoms with Crippen LogP contribution in [0.15, 0.2) is 59.7 Å². The lowest BCUT2D eigenvalue weighted by Crippen LogP contribution is -2.00. The summed E-state index contributed by atoms with van der Waals surface area (Å²) in [7, 11) is 1.64. The van der Waals surface area contributed by atoms with Gasteiger partial charge < -0.3 is 19.0 Å². The van der Waals surface area contributed by atoms with Crippen molar-refractivity contribution >= 4 is 22.7 Å². The van der Waals surface area contributed by atoms with Crippen molar-refractivity contribution in [3.05, 3.63) is 61.1 Å². The standard InChI is InChI=1S/C17H15N5O2/c1-23-13-6-4-12(5-7-13)21-16-15-17(19-10-18-16)22(11-20-15)9-14-3-2-8-24-14/h2-8,10-11H,9H2,1H3,(H,18,19,21).